The number of nitrogens with zero attached hydrogens (tertiary/aromatic N) is 3. The van der Waals surface area contributed by atoms with Crippen LogP contribution in [0.2, 0.25) is 0 Å². The molecule has 11 nitrogen and oxygen atoms in total. The Balaban J connectivity index is 1.66. The molecule has 3 heterocycles. The van der Waals surface area contributed by atoms with Crippen LogP contribution in [-0.2, 0) is 24.3 Å². The van der Waals surface area contributed by atoms with E-state index in [-0.39, 0.29) is 24.7 Å². The highest BCUT2D eigenvalue weighted by Crippen LogP contribution is 2.37. The van der Waals surface area contributed by atoms with Crippen LogP contribution in [0.1, 0.15) is 35.6 Å². The van der Waals surface area contributed by atoms with Crippen molar-refractivity contribution in [1.82, 2.24) is 30.8 Å². The Morgan fingerprint density at radius 2 is 1.88 bits per heavy atom. The molecule has 2 aliphatic rings. The molecule has 0 bridgehead atoms. The minimum absolute atomic E-state index is 0.180. The van der Waals surface area contributed by atoms with Gasteiger partial charge in [-0.2, -0.15) is 5.53 Å². The van der Waals surface area contributed by atoms with E-state index in [2.05, 4.69) is 40.8 Å². The van der Waals surface area contributed by atoms with Crippen LogP contribution in [0.4, 0.5) is 5.69 Å². The lowest BCUT2D eigenvalue weighted by molar-refractivity contribution is -0.117. The number of rotatable bonds is 8. The van der Waals surface area contributed by atoms with Gasteiger partial charge in [0.05, 0.1) is 25.1 Å². The van der Waals surface area contributed by atoms with Gasteiger partial charge in [0.25, 0.3) is 5.91 Å². The summed E-state index contributed by atoms with van der Waals surface area (Å²) in [5.74, 6) is 1.03. The fourth-order valence-electron chi connectivity index (χ4n) is 5.48. The predicted octanol–water partition coefficient (Wildman–Crippen LogP) is 2.40. The maximum atomic E-state index is 14.1. The molecule has 0 saturated carbocycles. The number of hydrazine groups is 2. The normalized spacial score (nSPS) is 14.3. The summed E-state index contributed by atoms with van der Waals surface area (Å²) in [6, 6.07) is 10.1. The molecule has 1 amide bonds. The van der Waals surface area contributed by atoms with Crippen molar-refractivity contribution >= 4 is 11.6 Å². The van der Waals surface area contributed by atoms with E-state index in [1.165, 1.54) is 6.20 Å². The zero-order chi connectivity index (χ0) is 29.1. The van der Waals surface area contributed by atoms with Crippen LogP contribution >= 0.6 is 0 Å². The largest absolute Gasteiger partial charge is 0.493 e. The number of amides is 1. The topological polar surface area (TPSA) is 123 Å². The second-order valence-electron chi connectivity index (χ2n) is 10.2. The van der Waals surface area contributed by atoms with Gasteiger partial charge in [0.2, 0.25) is 0 Å². The molecule has 0 saturated heterocycles. The van der Waals surface area contributed by atoms with Crippen molar-refractivity contribution in [2.75, 3.05) is 20.3 Å². The number of aromatic nitrogens is 2. The van der Waals surface area contributed by atoms with Gasteiger partial charge in [-0.1, -0.05) is 17.7 Å². The smallest absolute Gasteiger partial charge is 0.330 e. The van der Waals surface area contributed by atoms with Gasteiger partial charge in [-0.15, -0.1) is 0 Å². The third kappa shape index (κ3) is 5.71. The molecular weight excluding hydrogens is 522 g/mol. The summed E-state index contributed by atoms with van der Waals surface area (Å²) in [5.41, 5.74) is 15.6. The fraction of sp³-hybridized carbons (Fsp3) is 0.367. The quantitative estimate of drug-likeness (QED) is 0.334. The van der Waals surface area contributed by atoms with E-state index >= 15 is 0 Å². The molecule has 3 aromatic rings. The molecule has 1 aromatic heterocycles. The molecule has 216 valence electrons. The van der Waals surface area contributed by atoms with Gasteiger partial charge in [0, 0.05) is 37.5 Å². The highest BCUT2D eigenvalue weighted by Gasteiger charge is 2.22. The average Bonchev–Trinajstić information content (AvgIpc) is 3.42. The van der Waals surface area contributed by atoms with Gasteiger partial charge in [-0.05, 0) is 69.4 Å². The zero-order valence-corrected chi connectivity index (χ0v) is 24.2. The summed E-state index contributed by atoms with van der Waals surface area (Å²) in [7, 11) is 1.62. The van der Waals surface area contributed by atoms with Gasteiger partial charge in [-0.25, -0.2) is 9.79 Å². The lowest BCUT2D eigenvalue weighted by Gasteiger charge is -2.18. The highest BCUT2D eigenvalue weighted by molar-refractivity contribution is 5.92. The van der Waals surface area contributed by atoms with E-state index in [9.17, 15) is 9.59 Å². The van der Waals surface area contributed by atoms with Crippen molar-refractivity contribution in [3.63, 3.8) is 0 Å². The number of carbonyl (C=O) groups excluding carboxylic acids is 1. The lowest BCUT2D eigenvalue weighted by Crippen LogP contribution is -2.44. The van der Waals surface area contributed by atoms with Crippen LogP contribution in [0.3, 0.4) is 0 Å². The minimum atomic E-state index is -0.284. The van der Waals surface area contributed by atoms with E-state index in [1.807, 2.05) is 39.0 Å². The summed E-state index contributed by atoms with van der Waals surface area (Å²) in [4.78, 5) is 31.7. The van der Waals surface area contributed by atoms with Crippen molar-refractivity contribution in [3.8, 4) is 22.8 Å². The monoisotopic (exact) mass is 559 g/mol. The van der Waals surface area contributed by atoms with Crippen LogP contribution in [0.15, 0.2) is 52.0 Å². The Hall–Kier alpha value is -4.51. The number of fused-ring (bicyclic) bond motifs is 3. The first-order chi connectivity index (χ1) is 19.8. The second kappa shape index (κ2) is 11.9. The summed E-state index contributed by atoms with van der Waals surface area (Å²) >= 11 is 0. The van der Waals surface area contributed by atoms with Crippen molar-refractivity contribution in [3.05, 3.63) is 80.5 Å². The van der Waals surface area contributed by atoms with Crippen LogP contribution < -0.4 is 42.4 Å². The molecule has 0 spiro atoms. The summed E-state index contributed by atoms with van der Waals surface area (Å²) in [6.07, 6.45) is 3.12. The number of nitrogens with one attached hydrogen (secondary N) is 4. The Labute approximate surface area is 238 Å². The Morgan fingerprint density at radius 3 is 2.56 bits per heavy atom. The molecule has 5 rings (SSSR count). The van der Waals surface area contributed by atoms with E-state index in [1.54, 1.807) is 16.2 Å². The maximum absolute atomic E-state index is 14.1. The molecule has 0 atom stereocenters. The summed E-state index contributed by atoms with van der Waals surface area (Å²) < 4.78 is 14.9. The highest BCUT2D eigenvalue weighted by atomic mass is 16.5. The van der Waals surface area contributed by atoms with Crippen LogP contribution in [-0.4, -0.2) is 35.3 Å². The third-order valence-corrected chi connectivity index (χ3v) is 7.30. The lowest BCUT2D eigenvalue weighted by atomic mass is 10.0. The molecule has 2 aromatic carbocycles. The van der Waals surface area contributed by atoms with Gasteiger partial charge in [0.15, 0.2) is 11.5 Å². The number of methoxy groups -OCH3 is 1. The molecule has 0 fully saturated rings. The molecular formula is C30H37N7O4. The third-order valence-electron chi connectivity index (χ3n) is 7.30. The average molecular weight is 560 g/mol. The van der Waals surface area contributed by atoms with Gasteiger partial charge < -0.3 is 20.2 Å². The number of ether oxygens (including phenoxy) is 2. The molecule has 11 heteroatoms. The van der Waals surface area contributed by atoms with Crippen LogP contribution in [0, 0.1) is 20.8 Å². The molecule has 4 N–H and O–H groups in total. The Bertz CT molecular complexity index is 1630. The van der Waals surface area contributed by atoms with E-state index < -0.39 is 0 Å². The first-order valence-corrected chi connectivity index (χ1v) is 13.9. The summed E-state index contributed by atoms with van der Waals surface area (Å²) in [5, 5.41) is 2.87. The second-order valence-corrected chi connectivity index (χ2v) is 10.2. The SMILES string of the molecule is CCOc1cc2c(cc1OC)-c1cc(=Nc3c(C)cc(C)cc3C)n(CCNC(=O)C3=CNNN3)c(=O)n1CCC2. The fourth-order valence-corrected chi connectivity index (χ4v) is 5.48. The molecule has 0 aliphatic carbocycles. The minimum Gasteiger partial charge on any atom is -0.493 e. The van der Waals surface area contributed by atoms with Gasteiger partial charge in [0.1, 0.15) is 11.2 Å². The van der Waals surface area contributed by atoms with Gasteiger partial charge >= 0.3 is 5.69 Å². The number of hydrogen-bond donors (Lipinski definition) is 4. The van der Waals surface area contributed by atoms with E-state index in [0.29, 0.717) is 35.8 Å². The number of hydrogen-bond acceptors (Lipinski definition) is 8. The molecule has 41 heavy (non-hydrogen) atoms. The number of aryl methyl sites for hydroxylation is 4. The van der Waals surface area contributed by atoms with Gasteiger partial charge in [-0.3, -0.25) is 19.4 Å². The number of carbonyl (C=O) groups is 1. The number of benzene rings is 2. The van der Waals surface area contributed by atoms with E-state index in [0.717, 1.165) is 52.0 Å². The van der Waals surface area contributed by atoms with Crippen LogP contribution in [0.25, 0.3) is 11.3 Å². The Kier molecular flexibility index (Phi) is 8.16. The standard InChI is InChI=1S/C30H37N7O4/c1-6-41-26-14-21-8-7-10-36-24(22(21)15-25(26)40-5)16-27(33-28-19(3)12-18(2)13-20(28)4)37(30(36)39)11-9-31-29(38)23-17-32-35-34-23/h12-17,32,34-35H,6-11H2,1-5H3,(H,31,38). The zero-order valence-electron chi connectivity index (χ0n) is 24.2. The predicted molar refractivity (Wildman–Crippen MR) is 157 cm³/mol. The Morgan fingerprint density at radius 1 is 1.10 bits per heavy atom. The molecule has 2 aliphatic heterocycles. The molecule has 0 unspecified atom stereocenters. The van der Waals surface area contributed by atoms with Crippen LogP contribution in [0.5, 0.6) is 11.5 Å². The summed E-state index contributed by atoms with van der Waals surface area (Å²) in [6.45, 7) is 9.63. The first-order valence-electron chi connectivity index (χ1n) is 13.9. The van der Waals surface area contributed by atoms with E-state index in [4.69, 9.17) is 14.5 Å². The first kappa shape index (κ1) is 28.0. The maximum Gasteiger partial charge on any atom is 0.330 e. The van der Waals surface area contributed by atoms with Crippen molar-refractivity contribution in [2.24, 2.45) is 4.99 Å². The van der Waals surface area contributed by atoms with Crippen molar-refractivity contribution in [1.29, 1.82) is 0 Å². The van der Waals surface area contributed by atoms with Crippen molar-refractivity contribution < 1.29 is 14.3 Å². The molecule has 0 radical (unpaired) electrons. The van der Waals surface area contributed by atoms with Crippen molar-refractivity contribution in [2.45, 2.75) is 53.6 Å².